The second-order valence-electron chi connectivity index (χ2n) is 3.36. The van der Waals surface area contributed by atoms with E-state index in [-0.39, 0.29) is 0 Å². The molecular formula is C12H10N2O3. The first kappa shape index (κ1) is 11.0. The zero-order valence-electron chi connectivity index (χ0n) is 9.14. The number of rotatable bonds is 3. The number of anilines is 1. The minimum absolute atomic E-state index is 0.381. The van der Waals surface area contributed by atoms with Crippen molar-refractivity contribution in [2.45, 2.75) is 6.23 Å². The monoisotopic (exact) mass is 230 g/mol. The number of carbonyl (C=O) groups is 1. The zero-order valence-corrected chi connectivity index (χ0v) is 9.14. The molecule has 1 aliphatic rings. The summed E-state index contributed by atoms with van der Waals surface area (Å²) >= 11 is 0. The minimum Gasteiger partial charge on any atom is -0.495 e. The summed E-state index contributed by atoms with van der Waals surface area (Å²) in [6.45, 7) is 0. The van der Waals surface area contributed by atoms with Crippen LogP contribution in [0.1, 0.15) is 5.56 Å². The number of carbonyl (C=O) groups excluding carboxylic acids is 1. The van der Waals surface area contributed by atoms with Crippen molar-refractivity contribution in [3.63, 3.8) is 0 Å². The van der Waals surface area contributed by atoms with Gasteiger partial charge in [0, 0.05) is 6.08 Å². The van der Waals surface area contributed by atoms with Crippen LogP contribution in [0.25, 0.3) is 0 Å². The van der Waals surface area contributed by atoms with E-state index in [4.69, 9.17) is 14.7 Å². The van der Waals surface area contributed by atoms with Crippen molar-refractivity contribution in [1.82, 2.24) is 0 Å². The number of hydrogen-bond acceptors (Lipinski definition) is 5. The molecule has 1 heterocycles. The fourth-order valence-corrected chi connectivity index (χ4v) is 1.54. The predicted molar refractivity (Wildman–Crippen MR) is 60.4 cm³/mol. The van der Waals surface area contributed by atoms with Gasteiger partial charge in [-0.25, -0.2) is 4.79 Å². The molecule has 0 spiro atoms. The lowest BCUT2D eigenvalue weighted by Gasteiger charge is -2.14. The van der Waals surface area contributed by atoms with E-state index < -0.39 is 12.2 Å². The Bertz CT molecular complexity index is 517. The predicted octanol–water partition coefficient (Wildman–Crippen LogP) is 1.42. The molecule has 0 saturated heterocycles. The summed E-state index contributed by atoms with van der Waals surface area (Å²) in [5, 5.41) is 12.0. The van der Waals surface area contributed by atoms with Gasteiger partial charge in [0.15, 0.2) is 6.23 Å². The molecule has 0 saturated carbocycles. The van der Waals surface area contributed by atoms with Crippen molar-refractivity contribution in [3.05, 3.63) is 35.9 Å². The molecule has 0 aliphatic carbocycles. The molecule has 5 heteroatoms. The Morgan fingerprint density at radius 2 is 2.35 bits per heavy atom. The van der Waals surface area contributed by atoms with Crippen LogP contribution in [0.3, 0.4) is 0 Å². The van der Waals surface area contributed by atoms with Crippen LogP contribution in [0.2, 0.25) is 0 Å². The van der Waals surface area contributed by atoms with Crippen molar-refractivity contribution in [3.8, 4) is 11.8 Å². The third-order valence-electron chi connectivity index (χ3n) is 2.31. The average Bonchev–Trinajstić information content (AvgIpc) is 2.74. The molecule has 0 radical (unpaired) electrons. The van der Waals surface area contributed by atoms with Gasteiger partial charge in [-0.05, 0) is 18.2 Å². The molecule has 2 rings (SSSR count). The maximum atomic E-state index is 10.9. The maximum Gasteiger partial charge on any atom is 0.332 e. The Hall–Kier alpha value is -2.48. The van der Waals surface area contributed by atoms with Gasteiger partial charge in [0.2, 0.25) is 0 Å². The molecule has 1 unspecified atom stereocenters. The van der Waals surface area contributed by atoms with E-state index in [0.29, 0.717) is 17.0 Å². The molecule has 0 aromatic heterocycles. The van der Waals surface area contributed by atoms with Gasteiger partial charge in [0.25, 0.3) is 0 Å². The van der Waals surface area contributed by atoms with Crippen LogP contribution in [0.15, 0.2) is 30.4 Å². The summed E-state index contributed by atoms with van der Waals surface area (Å²) in [6, 6.07) is 7.22. The topological polar surface area (TPSA) is 71.3 Å². The molecular weight excluding hydrogens is 220 g/mol. The van der Waals surface area contributed by atoms with Gasteiger partial charge in [-0.1, -0.05) is 6.07 Å². The number of esters is 1. The molecule has 1 aromatic carbocycles. The van der Waals surface area contributed by atoms with Crippen molar-refractivity contribution in [2.24, 2.45) is 0 Å². The molecule has 0 fully saturated rings. The highest BCUT2D eigenvalue weighted by Crippen LogP contribution is 2.26. The maximum absolute atomic E-state index is 10.9. The molecule has 0 bridgehead atoms. The van der Waals surface area contributed by atoms with Crippen molar-refractivity contribution >= 4 is 11.7 Å². The largest absolute Gasteiger partial charge is 0.495 e. The van der Waals surface area contributed by atoms with E-state index in [0.717, 1.165) is 0 Å². The zero-order chi connectivity index (χ0) is 12.3. The molecule has 1 aliphatic heterocycles. The number of benzene rings is 1. The van der Waals surface area contributed by atoms with Crippen LogP contribution in [-0.4, -0.2) is 19.3 Å². The van der Waals surface area contributed by atoms with Gasteiger partial charge >= 0.3 is 5.97 Å². The Morgan fingerprint density at radius 3 is 2.94 bits per heavy atom. The summed E-state index contributed by atoms with van der Waals surface area (Å²) in [4.78, 5) is 10.9. The minimum atomic E-state index is -0.540. The van der Waals surface area contributed by atoms with E-state index in [1.54, 1.807) is 24.3 Å². The van der Waals surface area contributed by atoms with Gasteiger partial charge < -0.3 is 14.8 Å². The summed E-state index contributed by atoms with van der Waals surface area (Å²) in [6.07, 6.45) is 2.38. The molecule has 1 aromatic rings. The van der Waals surface area contributed by atoms with Crippen molar-refractivity contribution in [2.75, 3.05) is 12.4 Å². The summed E-state index contributed by atoms with van der Waals surface area (Å²) in [5.74, 6) is 0.0784. The Labute approximate surface area is 98.3 Å². The van der Waals surface area contributed by atoms with E-state index >= 15 is 0 Å². The van der Waals surface area contributed by atoms with Crippen LogP contribution in [0.4, 0.5) is 5.69 Å². The molecule has 1 N–H and O–H groups in total. The SMILES string of the molecule is COc1cccc(NC2C=CC(=O)O2)c1C#N. The number of hydrogen-bond donors (Lipinski definition) is 1. The number of ether oxygens (including phenoxy) is 2. The van der Waals surface area contributed by atoms with Crippen LogP contribution in [0.5, 0.6) is 5.75 Å². The van der Waals surface area contributed by atoms with Crippen LogP contribution < -0.4 is 10.1 Å². The normalized spacial score (nSPS) is 17.4. The van der Waals surface area contributed by atoms with E-state index in [1.165, 1.54) is 13.2 Å². The smallest absolute Gasteiger partial charge is 0.332 e. The molecule has 86 valence electrons. The van der Waals surface area contributed by atoms with E-state index in [9.17, 15) is 4.79 Å². The lowest BCUT2D eigenvalue weighted by atomic mass is 10.1. The van der Waals surface area contributed by atoms with Gasteiger partial charge in [0.05, 0.1) is 12.8 Å². The third-order valence-corrected chi connectivity index (χ3v) is 2.31. The number of methoxy groups -OCH3 is 1. The lowest BCUT2D eigenvalue weighted by Crippen LogP contribution is -2.19. The highest BCUT2D eigenvalue weighted by Gasteiger charge is 2.18. The van der Waals surface area contributed by atoms with Crippen molar-refractivity contribution < 1.29 is 14.3 Å². The van der Waals surface area contributed by atoms with Crippen molar-refractivity contribution in [1.29, 1.82) is 5.26 Å². The third kappa shape index (κ3) is 2.21. The first-order valence-corrected chi connectivity index (χ1v) is 4.97. The molecule has 0 amide bonds. The molecule has 17 heavy (non-hydrogen) atoms. The van der Waals surface area contributed by atoms with Crippen LogP contribution in [-0.2, 0) is 9.53 Å². The van der Waals surface area contributed by atoms with Crippen LogP contribution in [0, 0.1) is 11.3 Å². The molecule has 1 atom stereocenters. The first-order chi connectivity index (χ1) is 8.24. The standard InChI is InChI=1S/C12H10N2O3/c1-16-10-4-2-3-9(8(10)7-13)14-11-5-6-12(15)17-11/h2-6,11,14H,1H3. The lowest BCUT2D eigenvalue weighted by molar-refractivity contribution is -0.137. The number of nitriles is 1. The summed E-state index contributed by atoms with van der Waals surface area (Å²) < 4.78 is 10.0. The fourth-order valence-electron chi connectivity index (χ4n) is 1.54. The first-order valence-electron chi connectivity index (χ1n) is 4.97. The Morgan fingerprint density at radius 1 is 1.53 bits per heavy atom. The van der Waals surface area contributed by atoms with Crippen LogP contribution >= 0.6 is 0 Å². The second-order valence-corrected chi connectivity index (χ2v) is 3.36. The van der Waals surface area contributed by atoms with Gasteiger partial charge in [-0.3, -0.25) is 0 Å². The number of nitrogens with zero attached hydrogens (tertiary/aromatic N) is 1. The van der Waals surface area contributed by atoms with Gasteiger partial charge in [0.1, 0.15) is 17.4 Å². The molecule has 5 nitrogen and oxygen atoms in total. The van der Waals surface area contributed by atoms with Gasteiger partial charge in [-0.2, -0.15) is 5.26 Å². The second kappa shape index (κ2) is 4.58. The van der Waals surface area contributed by atoms with E-state index in [2.05, 4.69) is 5.32 Å². The number of nitrogens with one attached hydrogen (secondary N) is 1. The Balaban J connectivity index is 2.24. The quantitative estimate of drug-likeness (QED) is 0.795. The average molecular weight is 230 g/mol. The summed E-state index contributed by atoms with van der Waals surface area (Å²) in [7, 11) is 1.50. The Kier molecular flexibility index (Phi) is 2.97. The number of cyclic esters (lactones) is 1. The highest BCUT2D eigenvalue weighted by atomic mass is 16.6. The fraction of sp³-hybridized carbons (Fsp3) is 0.167. The van der Waals surface area contributed by atoms with E-state index in [1.807, 2.05) is 6.07 Å². The highest BCUT2D eigenvalue weighted by molar-refractivity contribution is 5.85. The summed E-state index contributed by atoms with van der Waals surface area (Å²) in [5.41, 5.74) is 0.947. The van der Waals surface area contributed by atoms with Gasteiger partial charge in [-0.15, -0.1) is 0 Å².